The Morgan fingerprint density at radius 3 is 2.53 bits per heavy atom. The number of hydrogen-bond donors (Lipinski definition) is 1. The average molecular weight is 255 g/mol. The number of aromatic nitrogens is 1. The number of aliphatic hydroxyl groups excluding tert-OH is 1. The van der Waals surface area contributed by atoms with E-state index in [0.717, 1.165) is 18.4 Å². The van der Waals surface area contributed by atoms with Crippen LogP contribution < -0.4 is 0 Å². The molecule has 0 saturated heterocycles. The largest absolute Gasteiger partial charge is 0.388 e. The number of rotatable bonds is 1. The maximum absolute atomic E-state index is 10.3. The summed E-state index contributed by atoms with van der Waals surface area (Å²) in [6, 6.07) is 10.6. The number of fused-ring (bicyclic) bond motifs is 1. The van der Waals surface area contributed by atoms with E-state index >= 15 is 0 Å². The summed E-state index contributed by atoms with van der Waals surface area (Å²) in [4.78, 5) is 0. The highest BCUT2D eigenvalue weighted by Gasteiger charge is 2.33. The normalized spacial score (nSPS) is 21.2. The molecule has 0 aliphatic heterocycles. The lowest BCUT2D eigenvalue weighted by atomic mass is 9.75. The van der Waals surface area contributed by atoms with Crippen molar-refractivity contribution in [3.63, 3.8) is 0 Å². The van der Waals surface area contributed by atoms with E-state index in [1.165, 1.54) is 16.9 Å². The number of hydrogen-bond acceptors (Lipinski definition) is 1. The number of aryl methyl sites for hydroxylation is 1. The average Bonchev–Trinajstić information content (AvgIpc) is 2.72. The van der Waals surface area contributed by atoms with Gasteiger partial charge in [0.2, 0.25) is 0 Å². The summed E-state index contributed by atoms with van der Waals surface area (Å²) in [6.07, 6.45) is 3.61. The third-order valence-corrected chi connectivity index (χ3v) is 4.09. The van der Waals surface area contributed by atoms with Crippen molar-refractivity contribution in [1.29, 1.82) is 0 Å². The van der Waals surface area contributed by atoms with E-state index in [2.05, 4.69) is 61.9 Å². The summed E-state index contributed by atoms with van der Waals surface area (Å²) in [7, 11) is 0. The van der Waals surface area contributed by atoms with Crippen molar-refractivity contribution in [2.24, 2.45) is 5.41 Å². The Hall–Kier alpha value is -1.54. The molecule has 1 heterocycles. The van der Waals surface area contributed by atoms with Gasteiger partial charge in [0.25, 0.3) is 0 Å². The third kappa shape index (κ3) is 2.21. The van der Waals surface area contributed by atoms with E-state index in [0.29, 0.717) is 0 Å². The Labute approximate surface area is 114 Å². The van der Waals surface area contributed by atoms with Gasteiger partial charge in [-0.25, -0.2) is 0 Å². The molecule has 2 aromatic rings. The second-order valence-corrected chi connectivity index (χ2v) is 6.48. The molecule has 19 heavy (non-hydrogen) atoms. The van der Waals surface area contributed by atoms with Gasteiger partial charge < -0.3 is 9.67 Å². The first-order valence-electron chi connectivity index (χ1n) is 6.91. The minimum Gasteiger partial charge on any atom is -0.388 e. The molecular formula is C17H21NO. The maximum Gasteiger partial charge on any atom is 0.0812 e. The third-order valence-electron chi connectivity index (χ3n) is 4.09. The zero-order chi connectivity index (χ0) is 13.6. The van der Waals surface area contributed by atoms with E-state index in [1.807, 2.05) is 0 Å². The fourth-order valence-electron chi connectivity index (χ4n) is 3.08. The summed E-state index contributed by atoms with van der Waals surface area (Å²) in [6.45, 7) is 6.55. The van der Waals surface area contributed by atoms with Crippen LogP contribution >= 0.6 is 0 Å². The van der Waals surface area contributed by atoms with Crippen LogP contribution in [-0.2, 0) is 6.42 Å². The zero-order valence-corrected chi connectivity index (χ0v) is 11.9. The van der Waals surface area contributed by atoms with Gasteiger partial charge in [-0.3, -0.25) is 0 Å². The molecule has 1 aliphatic carbocycles. The minimum absolute atomic E-state index is 0.160. The molecule has 1 atom stereocenters. The Morgan fingerprint density at radius 2 is 1.84 bits per heavy atom. The van der Waals surface area contributed by atoms with E-state index in [1.54, 1.807) is 0 Å². The zero-order valence-electron chi connectivity index (χ0n) is 11.9. The molecule has 1 aromatic carbocycles. The van der Waals surface area contributed by atoms with Crippen LogP contribution in [0.25, 0.3) is 5.69 Å². The van der Waals surface area contributed by atoms with Gasteiger partial charge in [-0.2, -0.15) is 0 Å². The first kappa shape index (κ1) is 12.5. The van der Waals surface area contributed by atoms with Gasteiger partial charge in [0.15, 0.2) is 0 Å². The molecule has 0 bridgehead atoms. The van der Waals surface area contributed by atoms with E-state index < -0.39 is 0 Å². The second-order valence-electron chi connectivity index (χ2n) is 6.48. The van der Waals surface area contributed by atoms with Crippen LogP contribution in [0.3, 0.4) is 0 Å². The predicted octanol–water partition coefficient (Wildman–Crippen LogP) is 3.79. The molecular weight excluding hydrogens is 234 g/mol. The lowest BCUT2D eigenvalue weighted by molar-refractivity contribution is 0.0987. The molecule has 1 aromatic heterocycles. The van der Waals surface area contributed by atoms with Crippen molar-refractivity contribution < 1.29 is 5.11 Å². The minimum atomic E-state index is -0.328. The number of aliphatic hydroxyl groups is 1. The fourth-order valence-corrected chi connectivity index (χ4v) is 3.08. The summed E-state index contributed by atoms with van der Waals surface area (Å²) in [5.41, 5.74) is 4.96. The van der Waals surface area contributed by atoms with Gasteiger partial charge in [-0.1, -0.05) is 31.5 Å². The molecule has 0 amide bonds. The van der Waals surface area contributed by atoms with Crippen molar-refractivity contribution in [3.8, 4) is 5.69 Å². The SMILES string of the molecule is Cc1ccc(-n2ccc3c2CC(C)(C)CC3O)cc1. The van der Waals surface area contributed by atoms with Crippen LogP contribution in [0.5, 0.6) is 0 Å². The molecule has 1 N–H and O–H groups in total. The van der Waals surface area contributed by atoms with Gasteiger partial charge in [0.05, 0.1) is 6.10 Å². The monoisotopic (exact) mass is 255 g/mol. The summed E-state index contributed by atoms with van der Waals surface area (Å²) in [5, 5.41) is 10.3. The molecule has 2 heteroatoms. The lowest BCUT2D eigenvalue weighted by Crippen LogP contribution is -2.26. The molecule has 100 valence electrons. The van der Waals surface area contributed by atoms with Crippen LogP contribution in [0.1, 0.15) is 43.2 Å². The van der Waals surface area contributed by atoms with Crippen molar-refractivity contribution in [1.82, 2.24) is 4.57 Å². The summed E-state index contributed by atoms with van der Waals surface area (Å²) >= 11 is 0. The fraction of sp³-hybridized carbons (Fsp3) is 0.412. The Bertz CT molecular complexity index is 592. The van der Waals surface area contributed by atoms with Gasteiger partial charge in [0, 0.05) is 23.1 Å². The van der Waals surface area contributed by atoms with Crippen molar-refractivity contribution in [2.45, 2.75) is 39.7 Å². The maximum atomic E-state index is 10.3. The second kappa shape index (κ2) is 4.24. The van der Waals surface area contributed by atoms with Gasteiger partial charge >= 0.3 is 0 Å². The standard InChI is InChI=1S/C17H21NO/c1-12-4-6-13(7-5-12)18-9-8-14-15(18)10-17(2,3)11-16(14)19/h4-9,16,19H,10-11H2,1-3H3. The van der Waals surface area contributed by atoms with E-state index in [4.69, 9.17) is 0 Å². The topological polar surface area (TPSA) is 25.2 Å². The molecule has 3 rings (SSSR count). The van der Waals surface area contributed by atoms with Gasteiger partial charge in [-0.15, -0.1) is 0 Å². The van der Waals surface area contributed by atoms with Crippen molar-refractivity contribution >= 4 is 0 Å². The van der Waals surface area contributed by atoms with Crippen LogP contribution in [0.15, 0.2) is 36.5 Å². The number of benzene rings is 1. The first-order chi connectivity index (χ1) is 8.96. The van der Waals surface area contributed by atoms with Crippen LogP contribution in [0, 0.1) is 12.3 Å². The van der Waals surface area contributed by atoms with Gasteiger partial charge in [0.1, 0.15) is 0 Å². The summed E-state index contributed by atoms with van der Waals surface area (Å²) < 4.78 is 2.22. The molecule has 0 fully saturated rings. The Balaban J connectivity index is 2.08. The first-order valence-corrected chi connectivity index (χ1v) is 6.91. The molecule has 0 spiro atoms. The van der Waals surface area contributed by atoms with Crippen molar-refractivity contribution in [2.75, 3.05) is 0 Å². The Kier molecular flexibility index (Phi) is 2.79. The molecule has 0 saturated carbocycles. The Morgan fingerprint density at radius 1 is 1.16 bits per heavy atom. The van der Waals surface area contributed by atoms with Crippen LogP contribution in [-0.4, -0.2) is 9.67 Å². The molecule has 1 unspecified atom stereocenters. The number of nitrogens with zero attached hydrogens (tertiary/aromatic N) is 1. The highest BCUT2D eigenvalue weighted by molar-refractivity contribution is 5.41. The molecule has 0 radical (unpaired) electrons. The van der Waals surface area contributed by atoms with E-state index in [-0.39, 0.29) is 11.5 Å². The van der Waals surface area contributed by atoms with E-state index in [9.17, 15) is 5.11 Å². The van der Waals surface area contributed by atoms with Gasteiger partial charge in [-0.05, 0) is 43.4 Å². The van der Waals surface area contributed by atoms with Crippen LogP contribution in [0.2, 0.25) is 0 Å². The smallest absolute Gasteiger partial charge is 0.0812 e. The van der Waals surface area contributed by atoms with Crippen LogP contribution in [0.4, 0.5) is 0 Å². The molecule has 2 nitrogen and oxygen atoms in total. The highest BCUT2D eigenvalue weighted by Crippen LogP contribution is 2.41. The quantitative estimate of drug-likeness (QED) is 0.824. The lowest BCUT2D eigenvalue weighted by Gasteiger charge is -2.34. The van der Waals surface area contributed by atoms with Crippen molar-refractivity contribution in [3.05, 3.63) is 53.3 Å². The highest BCUT2D eigenvalue weighted by atomic mass is 16.3. The predicted molar refractivity (Wildman–Crippen MR) is 77.6 cm³/mol. The molecule has 1 aliphatic rings. The summed E-state index contributed by atoms with van der Waals surface area (Å²) in [5.74, 6) is 0.